The number of fused-ring (bicyclic) bond motifs is 1. The van der Waals surface area contributed by atoms with E-state index in [-0.39, 0.29) is 12.1 Å². The zero-order valence-corrected chi connectivity index (χ0v) is 19.9. The van der Waals surface area contributed by atoms with Gasteiger partial charge >= 0.3 is 6.09 Å². The van der Waals surface area contributed by atoms with Gasteiger partial charge in [-0.25, -0.2) is 4.79 Å². The first-order valence-electron chi connectivity index (χ1n) is 11.5. The second-order valence-electron chi connectivity index (χ2n) is 10.1. The minimum atomic E-state index is -0.494. The molecule has 6 nitrogen and oxygen atoms in total. The molecule has 2 aliphatic rings. The Morgan fingerprint density at radius 3 is 2.65 bits per heavy atom. The minimum Gasteiger partial charge on any atom is -0.444 e. The van der Waals surface area contributed by atoms with Gasteiger partial charge in [0.25, 0.3) is 6.01 Å². The van der Waals surface area contributed by atoms with Crippen molar-refractivity contribution in [3.63, 3.8) is 0 Å². The van der Waals surface area contributed by atoms with Crippen molar-refractivity contribution in [3.05, 3.63) is 22.7 Å². The highest BCUT2D eigenvalue weighted by molar-refractivity contribution is 6.31. The molecule has 170 valence electrons. The van der Waals surface area contributed by atoms with Crippen molar-refractivity contribution >= 4 is 34.8 Å². The van der Waals surface area contributed by atoms with Gasteiger partial charge in [-0.05, 0) is 57.7 Å². The number of amides is 1. The lowest BCUT2D eigenvalue weighted by Gasteiger charge is -2.39. The normalized spacial score (nSPS) is 21.0. The van der Waals surface area contributed by atoms with Crippen LogP contribution in [0.1, 0.15) is 65.4 Å². The SMILES string of the molecule is C[C@H]1CN(C(=O)OC(C)(C)C)CCN1c1nc2cc(Cl)cc(CC3CCCCC3)c2o1. The number of ether oxygens (including phenoxy) is 1. The van der Waals surface area contributed by atoms with Gasteiger partial charge in [-0.15, -0.1) is 0 Å². The van der Waals surface area contributed by atoms with Crippen LogP contribution >= 0.6 is 11.6 Å². The lowest BCUT2D eigenvalue weighted by Crippen LogP contribution is -2.54. The first-order chi connectivity index (χ1) is 14.7. The van der Waals surface area contributed by atoms with Crippen LogP contribution in [0.5, 0.6) is 0 Å². The van der Waals surface area contributed by atoms with Crippen LogP contribution < -0.4 is 4.90 Å². The van der Waals surface area contributed by atoms with E-state index in [9.17, 15) is 4.79 Å². The van der Waals surface area contributed by atoms with E-state index in [1.54, 1.807) is 4.90 Å². The molecule has 1 saturated heterocycles. The molecule has 2 aromatic rings. The van der Waals surface area contributed by atoms with Gasteiger partial charge in [-0.2, -0.15) is 4.98 Å². The maximum absolute atomic E-state index is 12.4. The summed E-state index contributed by atoms with van der Waals surface area (Å²) in [5.74, 6) is 0.695. The van der Waals surface area contributed by atoms with Crippen LogP contribution in [-0.4, -0.2) is 47.3 Å². The minimum absolute atomic E-state index is 0.0756. The molecule has 1 aliphatic heterocycles. The molecule has 0 N–H and O–H groups in total. The molecule has 1 aromatic carbocycles. The molecule has 2 heterocycles. The molecule has 1 atom stereocenters. The fourth-order valence-electron chi connectivity index (χ4n) is 4.76. The summed E-state index contributed by atoms with van der Waals surface area (Å²) in [6.07, 6.45) is 7.26. The lowest BCUT2D eigenvalue weighted by molar-refractivity contribution is 0.0216. The molecule has 2 fully saturated rings. The van der Waals surface area contributed by atoms with Crippen molar-refractivity contribution < 1.29 is 13.9 Å². The number of piperazine rings is 1. The molecule has 1 aromatic heterocycles. The number of carbonyl (C=O) groups is 1. The van der Waals surface area contributed by atoms with Crippen LogP contribution in [0.25, 0.3) is 11.1 Å². The molecular weight excluding hydrogens is 414 g/mol. The lowest BCUT2D eigenvalue weighted by atomic mass is 9.85. The Labute approximate surface area is 189 Å². The Bertz CT molecular complexity index is 930. The summed E-state index contributed by atoms with van der Waals surface area (Å²) in [6, 6.07) is 4.61. The van der Waals surface area contributed by atoms with Crippen LogP contribution in [0.2, 0.25) is 5.02 Å². The van der Waals surface area contributed by atoms with Crippen molar-refractivity contribution in [3.8, 4) is 0 Å². The molecular formula is C24H34ClN3O3. The van der Waals surface area contributed by atoms with Gasteiger partial charge in [-0.1, -0.05) is 43.7 Å². The summed E-state index contributed by atoms with van der Waals surface area (Å²) in [7, 11) is 0. The van der Waals surface area contributed by atoms with Gasteiger partial charge in [0, 0.05) is 30.7 Å². The van der Waals surface area contributed by atoms with Crippen molar-refractivity contribution in [1.29, 1.82) is 0 Å². The fraction of sp³-hybridized carbons (Fsp3) is 0.667. The van der Waals surface area contributed by atoms with Crippen LogP contribution in [0.4, 0.5) is 10.8 Å². The maximum atomic E-state index is 12.4. The van der Waals surface area contributed by atoms with Gasteiger partial charge < -0.3 is 19.0 Å². The molecule has 0 spiro atoms. The van der Waals surface area contributed by atoms with Crippen LogP contribution in [0.3, 0.4) is 0 Å². The average Bonchev–Trinajstić information content (AvgIpc) is 3.11. The van der Waals surface area contributed by atoms with Gasteiger partial charge in [0.15, 0.2) is 5.58 Å². The zero-order valence-electron chi connectivity index (χ0n) is 19.1. The molecule has 7 heteroatoms. The van der Waals surface area contributed by atoms with Crippen molar-refractivity contribution in [2.24, 2.45) is 5.92 Å². The summed E-state index contributed by atoms with van der Waals surface area (Å²) in [5.41, 5.74) is 2.33. The summed E-state index contributed by atoms with van der Waals surface area (Å²) >= 11 is 6.42. The van der Waals surface area contributed by atoms with E-state index < -0.39 is 5.60 Å². The molecule has 4 rings (SSSR count). The first-order valence-corrected chi connectivity index (χ1v) is 11.9. The zero-order chi connectivity index (χ0) is 22.2. The summed E-state index contributed by atoms with van der Waals surface area (Å²) in [4.78, 5) is 21.1. The molecule has 1 aliphatic carbocycles. The van der Waals surface area contributed by atoms with Crippen LogP contribution in [-0.2, 0) is 11.2 Å². The highest BCUT2D eigenvalue weighted by Crippen LogP contribution is 2.34. The van der Waals surface area contributed by atoms with Gasteiger partial charge in [-0.3, -0.25) is 0 Å². The second kappa shape index (κ2) is 8.89. The van der Waals surface area contributed by atoms with E-state index in [1.165, 1.54) is 32.1 Å². The van der Waals surface area contributed by atoms with Crippen LogP contribution in [0.15, 0.2) is 16.5 Å². The fourth-order valence-corrected chi connectivity index (χ4v) is 5.00. The Kier molecular flexibility index (Phi) is 6.38. The number of benzene rings is 1. The number of rotatable bonds is 3. The largest absolute Gasteiger partial charge is 0.444 e. The molecule has 0 radical (unpaired) electrons. The number of oxazole rings is 1. The standard InChI is InChI=1S/C24H34ClN3O3/c1-16-15-27(23(29)31-24(2,3)4)10-11-28(16)22-26-20-14-19(25)13-18(21(20)30-22)12-17-8-6-5-7-9-17/h13-14,16-17H,5-12,15H2,1-4H3/t16-/m0/s1. The number of aromatic nitrogens is 1. The summed E-state index contributed by atoms with van der Waals surface area (Å²) in [6.45, 7) is 9.55. The van der Waals surface area contributed by atoms with Crippen molar-refractivity contribution in [2.75, 3.05) is 24.5 Å². The monoisotopic (exact) mass is 447 g/mol. The molecule has 1 amide bonds. The number of carbonyl (C=O) groups excluding carboxylic acids is 1. The van der Waals surface area contributed by atoms with Crippen molar-refractivity contribution in [2.45, 2.75) is 77.9 Å². The number of halogens is 1. The van der Waals surface area contributed by atoms with E-state index in [0.29, 0.717) is 36.6 Å². The van der Waals surface area contributed by atoms with Gasteiger partial charge in [0.05, 0.1) is 0 Å². The predicted octanol–water partition coefficient (Wildman–Crippen LogP) is 6.05. The Hall–Kier alpha value is -1.95. The van der Waals surface area contributed by atoms with Crippen molar-refractivity contribution in [1.82, 2.24) is 9.88 Å². The topological polar surface area (TPSA) is 58.8 Å². The van der Waals surface area contributed by atoms with Crippen LogP contribution in [0, 0.1) is 5.92 Å². The van der Waals surface area contributed by atoms with E-state index in [0.717, 1.165) is 23.1 Å². The molecule has 1 saturated carbocycles. The van der Waals surface area contributed by atoms with E-state index in [2.05, 4.69) is 11.8 Å². The Morgan fingerprint density at radius 2 is 1.97 bits per heavy atom. The maximum Gasteiger partial charge on any atom is 0.410 e. The van der Waals surface area contributed by atoms with E-state index in [4.69, 9.17) is 25.7 Å². The number of nitrogens with zero attached hydrogens (tertiary/aromatic N) is 3. The number of hydrogen-bond donors (Lipinski definition) is 0. The number of hydrogen-bond acceptors (Lipinski definition) is 5. The average molecular weight is 448 g/mol. The Balaban J connectivity index is 1.51. The van der Waals surface area contributed by atoms with Gasteiger partial charge in [0.2, 0.25) is 0 Å². The third-order valence-corrected chi connectivity index (χ3v) is 6.50. The third-order valence-electron chi connectivity index (χ3n) is 6.28. The van der Waals surface area contributed by atoms with E-state index in [1.807, 2.05) is 32.9 Å². The molecule has 31 heavy (non-hydrogen) atoms. The van der Waals surface area contributed by atoms with Gasteiger partial charge in [0.1, 0.15) is 11.1 Å². The summed E-state index contributed by atoms with van der Waals surface area (Å²) < 4.78 is 11.8. The number of anilines is 1. The Morgan fingerprint density at radius 1 is 1.23 bits per heavy atom. The summed E-state index contributed by atoms with van der Waals surface area (Å²) in [5, 5.41) is 0.709. The highest BCUT2D eigenvalue weighted by Gasteiger charge is 2.32. The predicted molar refractivity (Wildman–Crippen MR) is 124 cm³/mol. The first kappa shape index (κ1) is 22.3. The second-order valence-corrected chi connectivity index (χ2v) is 10.5. The quantitative estimate of drug-likeness (QED) is 0.573. The highest BCUT2D eigenvalue weighted by atomic mass is 35.5. The molecule has 0 bridgehead atoms. The molecule has 0 unspecified atom stereocenters. The third kappa shape index (κ3) is 5.28. The van der Waals surface area contributed by atoms with E-state index >= 15 is 0 Å². The smallest absolute Gasteiger partial charge is 0.410 e.